The molecule has 0 radical (unpaired) electrons. The Hall–Kier alpha value is -0.290. The Morgan fingerprint density at radius 2 is 2.00 bits per heavy atom. The molecule has 1 saturated heterocycles. The van der Waals surface area contributed by atoms with Gasteiger partial charge in [-0.25, -0.2) is 0 Å². The van der Waals surface area contributed by atoms with Crippen molar-refractivity contribution >= 4 is 0 Å². The van der Waals surface area contributed by atoms with E-state index < -0.39 is 18.6 Å². The molecule has 0 bridgehead atoms. The molecule has 0 aliphatic carbocycles. The van der Waals surface area contributed by atoms with E-state index in [1.165, 1.54) is 0 Å². The summed E-state index contributed by atoms with van der Waals surface area (Å²) in [6.45, 7) is 5.42. The number of halogens is 3. The van der Waals surface area contributed by atoms with Crippen molar-refractivity contribution in [1.29, 1.82) is 0 Å². The molecule has 1 heterocycles. The highest BCUT2D eigenvalue weighted by Gasteiger charge is 2.35. The highest BCUT2D eigenvalue weighted by molar-refractivity contribution is 4.84. The molecule has 84 valence electrons. The fourth-order valence-corrected chi connectivity index (χ4v) is 1.39. The highest BCUT2D eigenvalue weighted by Crippen LogP contribution is 2.26. The molecule has 0 saturated carbocycles. The molecule has 5 heteroatoms. The lowest BCUT2D eigenvalue weighted by molar-refractivity contribution is -0.141. The lowest BCUT2D eigenvalue weighted by Gasteiger charge is -2.39. The average molecular weight is 211 g/mol. The van der Waals surface area contributed by atoms with Crippen LogP contribution < -0.4 is 5.32 Å². The zero-order chi connectivity index (χ0) is 10.8. The SMILES string of the molecule is CC(CC(F)(F)F)NCC1(C)COC1. The van der Waals surface area contributed by atoms with Crippen LogP contribution in [0.15, 0.2) is 0 Å². The standard InChI is InChI=1S/C9H16F3NO/c1-7(3-9(10,11)12)13-4-8(2)5-14-6-8/h7,13H,3-6H2,1-2H3. The van der Waals surface area contributed by atoms with Crippen LogP contribution in [0, 0.1) is 5.41 Å². The molecule has 0 spiro atoms. The van der Waals surface area contributed by atoms with Gasteiger partial charge in [-0.1, -0.05) is 6.92 Å². The van der Waals surface area contributed by atoms with Crippen molar-refractivity contribution in [1.82, 2.24) is 5.32 Å². The molecule has 0 amide bonds. The van der Waals surface area contributed by atoms with Crippen molar-refractivity contribution in [2.45, 2.75) is 32.5 Å². The van der Waals surface area contributed by atoms with Crippen molar-refractivity contribution in [2.75, 3.05) is 19.8 Å². The number of nitrogens with one attached hydrogen (secondary N) is 1. The van der Waals surface area contributed by atoms with Gasteiger partial charge in [0, 0.05) is 18.0 Å². The Kier molecular flexibility index (Phi) is 3.42. The molecule has 1 fully saturated rings. The van der Waals surface area contributed by atoms with Gasteiger partial charge in [0.2, 0.25) is 0 Å². The quantitative estimate of drug-likeness (QED) is 0.767. The van der Waals surface area contributed by atoms with E-state index in [0.29, 0.717) is 19.8 Å². The first-order valence-corrected chi connectivity index (χ1v) is 4.69. The lowest BCUT2D eigenvalue weighted by atomic mass is 9.88. The number of rotatable bonds is 4. The lowest BCUT2D eigenvalue weighted by Crippen LogP contribution is -2.49. The van der Waals surface area contributed by atoms with Crippen LogP contribution in [0.5, 0.6) is 0 Å². The Labute approximate surface area is 81.8 Å². The van der Waals surface area contributed by atoms with Gasteiger partial charge >= 0.3 is 6.18 Å². The molecule has 1 N–H and O–H groups in total. The summed E-state index contributed by atoms with van der Waals surface area (Å²) in [6, 6.07) is -0.521. The zero-order valence-corrected chi connectivity index (χ0v) is 8.45. The van der Waals surface area contributed by atoms with E-state index in [0.717, 1.165) is 0 Å². The number of alkyl halides is 3. The zero-order valence-electron chi connectivity index (χ0n) is 8.45. The van der Waals surface area contributed by atoms with Crippen molar-refractivity contribution in [3.05, 3.63) is 0 Å². The van der Waals surface area contributed by atoms with Gasteiger partial charge in [0.15, 0.2) is 0 Å². The summed E-state index contributed by atoms with van der Waals surface area (Å²) in [5.41, 5.74) is 0.0276. The molecule has 1 atom stereocenters. The van der Waals surface area contributed by atoms with Gasteiger partial charge < -0.3 is 10.1 Å². The maximum Gasteiger partial charge on any atom is 0.390 e. The Morgan fingerprint density at radius 3 is 2.36 bits per heavy atom. The first kappa shape index (κ1) is 11.8. The maximum absolute atomic E-state index is 12.0. The molecule has 1 rings (SSSR count). The van der Waals surface area contributed by atoms with Crippen LogP contribution in [0.25, 0.3) is 0 Å². The molecule has 14 heavy (non-hydrogen) atoms. The number of hydrogen-bond donors (Lipinski definition) is 1. The van der Waals surface area contributed by atoms with Crippen LogP contribution in [0.4, 0.5) is 13.2 Å². The van der Waals surface area contributed by atoms with Crippen LogP contribution in [0.2, 0.25) is 0 Å². The monoisotopic (exact) mass is 211 g/mol. The molecule has 0 aromatic rings. The van der Waals surface area contributed by atoms with E-state index in [4.69, 9.17) is 4.74 Å². The van der Waals surface area contributed by atoms with Gasteiger partial charge in [-0.3, -0.25) is 0 Å². The molecular weight excluding hydrogens is 195 g/mol. The van der Waals surface area contributed by atoms with E-state index >= 15 is 0 Å². The predicted octanol–water partition coefficient (Wildman–Crippen LogP) is 1.95. The summed E-state index contributed by atoms with van der Waals surface area (Å²) < 4.78 is 40.9. The Bertz CT molecular complexity index is 189. The largest absolute Gasteiger partial charge is 0.390 e. The smallest absolute Gasteiger partial charge is 0.380 e. The third-order valence-electron chi connectivity index (χ3n) is 2.32. The predicted molar refractivity (Wildman–Crippen MR) is 47.1 cm³/mol. The van der Waals surface area contributed by atoms with E-state index in [1.54, 1.807) is 6.92 Å². The third kappa shape index (κ3) is 3.84. The second-order valence-corrected chi connectivity index (χ2v) is 4.40. The van der Waals surface area contributed by atoms with E-state index in [1.807, 2.05) is 6.92 Å². The number of hydrogen-bond acceptors (Lipinski definition) is 2. The van der Waals surface area contributed by atoms with Crippen LogP contribution in [0.1, 0.15) is 20.3 Å². The minimum absolute atomic E-state index is 0.0276. The van der Waals surface area contributed by atoms with E-state index in [9.17, 15) is 13.2 Å². The van der Waals surface area contributed by atoms with Crippen molar-refractivity contribution in [3.8, 4) is 0 Å². The topological polar surface area (TPSA) is 21.3 Å². The normalized spacial score (nSPS) is 22.9. The first-order chi connectivity index (χ1) is 6.31. The summed E-state index contributed by atoms with van der Waals surface area (Å²) >= 11 is 0. The van der Waals surface area contributed by atoms with Gasteiger partial charge in [0.05, 0.1) is 19.6 Å². The third-order valence-corrected chi connectivity index (χ3v) is 2.32. The van der Waals surface area contributed by atoms with E-state index in [2.05, 4.69) is 5.32 Å². The minimum Gasteiger partial charge on any atom is -0.380 e. The minimum atomic E-state index is -4.08. The molecular formula is C9H16F3NO. The summed E-state index contributed by atoms with van der Waals surface area (Å²) in [4.78, 5) is 0. The van der Waals surface area contributed by atoms with Crippen molar-refractivity contribution < 1.29 is 17.9 Å². The second-order valence-electron chi connectivity index (χ2n) is 4.40. The highest BCUT2D eigenvalue weighted by atomic mass is 19.4. The summed E-state index contributed by atoms with van der Waals surface area (Å²) in [5, 5.41) is 2.88. The van der Waals surface area contributed by atoms with Crippen LogP contribution in [-0.2, 0) is 4.74 Å². The molecule has 1 aliphatic heterocycles. The van der Waals surface area contributed by atoms with Gasteiger partial charge in [0.25, 0.3) is 0 Å². The second kappa shape index (κ2) is 4.06. The molecule has 0 aromatic heterocycles. The van der Waals surface area contributed by atoms with Gasteiger partial charge in [-0.05, 0) is 6.92 Å². The maximum atomic E-state index is 12.0. The van der Waals surface area contributed by atoms with Gasteiger partial charge in [-0.15, -0.1) is 0 Å². The average Bonchev–Trinajstić information content (AvgIpc) is 1.94. The Morgan fingerprint density at radius 1 is 1.43 bits per heavy atom. The van der Waals surface area contributed by atoms with Crippen LogP contribution in [0.3, 0.4) is 0 Å². The fourth-order valence-electron chi connectivity index (χ4n) is 1.39. The number of ether oxygens (including phenoxy) is 1. The molecule has 0 aromatic carbocycles. The summed E-state index contributed by atoms with van der Waals surface area (Å²) in [5.74, 6) is 0. The summed E-state index contributed by atoms with van der Waals surface area (Å²) in [6.07, 6.45) is -4.85. The molecule has 1 unspecified atom stereocenters. The van der Waals surface area contributed by atoms with Gasteiger partial charge in [-0.2, -0.15) is 13.2 Å². The first-order valence-electron chi connectivity index (χ1n) is 4.69. The molecule has 1 aliphatic rings. The Balaban J connectivity index is 2.17. The van der Waals surface area contributed by atoms with Crippen molar-refractivity contribution in [3.63, 3.8) is 0 Å². The van der Waals surface area contributed by atoms with E-state index in [-0.39, 0.29) is 5.41 Å². The van der Waals surface area contributed by atoms with Gasteiger partial charge in [0.1, 0.15) is 0 Å². The van der Waals surface area contributed by atoms with Crippen molar-refractivity contribution in [2.24, 2.45) is 5.41 Å². The van der Waals surface area contributed by atoms with Crippen LogP contribution >= 0.6 is 0 Å². The fraction of sp³-hybridized carbons (Fsp3) is 1.00. The molecule has 2 nitrogen and oxygen atoms in total. The van der Waals surface area contributed by atoms with Crippen LogP contribution in [-0.4, -0.2) is 32.0 Å². The summed E-state index contributed by atoms with van der Waals surface area (Å²) in [7, 11) is 0.